The van der Waals surface area contributed by atoms with Crippen LogP contribution in [-0.2, 0) is 28.6 Å². The van der Waals surface area contributed by atoms with Crippen LogP contribution in [0.5, 0.6) is 0 Å². The van der Waals surface area contributed by atoms with Crippen LogP contribution in [0.1, 0.15) is 343 Å². The van der Waals surface area contributed by atoms with Crippen LogP contribution in [0.25, 0.3) is 0 Å². The number of unbranched alkanes of at least 4 members (excludes halogenated alkanes) is 38. The van der Waals surface area contributed by atoms with E-state index in [0.717, 1.165) is 87.9 Å². The number of hydrogen-bond donors (Lipinski definition) is 0. The number of esters is 3. The van der Waals surface area contributed by atoms with Crippen LogP contribution in [0.15, 0.2) is 0 Å². The van der Waals surface area contributed by atoms with Gasteiger partial charge in [-0.1, -0.05) is 130 Å². The first-order chi connectivity index (χ1) is 35.9. The van der Waals surface area contributed by atoms with E-state index in [1.807, 2.05) is 26.8 Å². The van der Waals surface area contributed by atoms with E-state index in [4.69, 9.17) is 14.2 Å². The minimum atomic E-state index is -2.31. The third-order valence-corrected chi connectivity index (χ3v) is 41.8. The van der Waals surface area contributed by atoms with Crippen molar-refractivity contribution in [3.05, 3.63) is 0 Å². The first kappa shape index (κ1) is 73.3. The Labute approximate surface area is 470 Å². The summed E-state index contributed by atoms with van der Waals surface area (Å²) in [5.41, 5.74) is 0. The molecule has 1 radical (unpaired) electrons. The van der Waals surface area contributed by atoms with Crippen LogP contribution < -0.4 is 0 Å². The third kappa shape index (κ3) is 55.4. The Morgan fingerprint density at radius 1 is 0.342 bits per heavy atom. The molecule has 433 valence electrons. The second-order valence-electron chi connectivity index (χ2n) is 21.8. The average Bonchev–Trinajstić information content (AvgIpc) is 3.39. The molecule has 0 saturated carbocycles. The molecule has 2 atom stereocenters. The maximum absolute atomic E-state index is 14.2. The predicted octanol–water partition coefficient (Wildman–Crippen LogP) is 21.6. The van der Waals surface area contributed by atoms with Crippen LogP contribution in [0, 0.1) is 5.92 Å². The summed E-state index contributed by atoms with van der Waals surface area (Å²) < 4.78 is 17.9. The number of ether oxygens (including phenoxy) is 3. The zero-order valence-corrected chi connectivity index (χ0v) is 54.6. The summed E-state index contributed by atoms with van der Waals surface area (Å²) in [4.78, 5) is 40.0. The zero-order chi connectivity index (χ0) is 53.2. The van der Waals surface area contributed by atoms with Crippen LogP contribution in [0.4, 0.5) is 0 Å². The van der Waals surface area contributed by atoms with Crippen molar-refractivity contribution in [2.75, 3.05) is 30.5 Å². The van der Waals surface area contributed by atoms with Crippen LogP contribution in [0.3, 0.4) is 0 Å². The van der Waals surface area contributed by atoms with Gasteiger partial charge in [-0.2, -0.15) is 0 Å². The summed E-state index contributed by atoms with van der Waals surface area (Å²) in [6.07, 6.45) is 58.8. The van der Waals surface area contributed by atoms with Gasteiger partial charge >= 0.3 is 344 Å². The molecule has 0 aliphatic carbocycles. The molecule has 6 nitrogen and oxygen atoms in total. The molecule has 0 aliphatic rings. The summed E-state index contributed by atoms with van der Waals surface area (Å²) >= 11 is -2.31. The minimum absolute atomic E-state index is 0.0192. The van der Waals surface area contributed by atoms with Crippen LogP contribution in [0.2, 0.25) is 0 Å². The Bertz CT molecular complexity index is 1100. The van der Waals surface area contributed by atoms with E-state index in [9.17, 15) is 14.4 Å². The fourth-order valence-electron chi connectivity index (χ4n) is 9.56. The molecule has 0 bridgehead atoms. The summed E-state index contributed by atoms with van der Waals surface area (Å²) in [5.74, 6) is 2.03. The fourth-order valence-corrected chi connectivity index (χ4v) is 35.4. The van der Waals surface area contributed by atoms with Crippen molar-refractivity contribution in [3.63, 3.8) is 0 Å². The molecule has 0 fully saturated rings. The Hall–Kier alpha value is 0.259. The second-order valence-corrected chi connectivity index (χ2v) is 46.0. The summed E-state index contributed by atoms with van der Waals surface area (Å²) in [6.45, 7) is 12.4. The normalized spacial score (nSPS) is 12.4. The summed E-state index contributed by atoms with van der Waals surface area (Å²) in [6, 6.07) is 0. The van der Waals surface area contributed by atoms with Gasteiger partial charge in [0.1, 0.15) is 0 Å². The van der Waals surface area contributed by atoms with Crippen molar-refractivity contribution < 1.29 is 28.6 Å². The first-order valence-corrected chi connectivity index (χ1v) is 45.6. The first-order valence-electron chi connectivity index (χ1n) is 32.2. The second kappa shape index (κ2) is 61.5. The molecule has 0 amide bonds. The van der Waals surface area contributed by atoms with Gasteiger partial charge in [0.15, 0.2) is 0 Å². The summed E-state index contributed by atoms with van der Waals surface area (Å²) in [7, 11) is 5.93. The van der Waals surface area contributed by atoms with Gasteiger partial charge in [0.2, 0.25) is 0 Å². The average molecular weight is 1190 g/mol. The van der Waals surface area contributed by atoms with E-state index < -0.39 is 15.6 Å². The van der Waals surface area contributed by atoms with Gasteiger partial charge in [0.05, 0.1) is 0 Å². The Balaban J connectivity index is 5.31. The van der Waals surface area contributed by atoms with Gasteiger partial charge in [-0.05, 0) is 0 Å². The molecule has 0 aromatic rings. The monoisotopic (exact) mass is 1190 g/mol. The van der Waals surface area contributed by atoms with E-state index in [1.54, 1.807) is 0 Å². The molecule has 0 rings (SSSR count). The topological polar surface area (TPSA) is 78.9 Å². The molecule has 10 heteroatoms. The standard InChI is InChI=1S/C29H58O2S.2C17H34O2S.Sn/c1-4-7-10-12-13-14-15-16-17-18-20-21-23-27(26-32)29(30)31-28(24-9-6-3)25-22-19-11-8-5-2;2*1-2-3-4-5-6-7-8-9-10-11-12-13-15-19-17(18)14-16-20;/h27-28,32H,4-26H2,1-3H3;2*20H,2-16H2,1H3;/q;;;+3/p-3. The van der Waals surface area contributed by atoms with Gasteiger partial charge < -0.3 is 0 Å². The summed E-state index contributed by atoms with van der Waals surface area (Å²) in [5, 5.41) is 0. The number of carbonyl (C=O) groups excluding carboxylic acids is 3. The maximum atomic E-state index is 14.2. The van der Waals surface area contributed by atoms with Crippen molar-refractivity contribution in [1.82, 2.24) is 0 Å². The zero-order valence-electron chi connectivity index (χ0n) is 49.3. The fraction of sp³-hybridized carbons (Fsp3) is 0.952. The number of hydrogen-bond acceptors (Lipinski definition) is 9. The van der Waals surface area contributed by atoms with E-state index >= 15 is 0 Å². The van der Waals surface area contributed by atoms with Gasteiger partial charge in [0, 0.05) is 0 Å². The SMILES string of the molecule is CCCCCCCCCCCCCCOC(=O)CC[S][Sn]([S]CCC(=O)OCCCCCCCCCCCCCC)[S]CC(CCCCCCCCCCCCCC)C(=O)OC(CCCC)CCCCCCC. The molecular formula is C63H123O6S3Sn. The molecule has 0 aliphatic heterocycles. The van der Waals surface area contributed by atoms with Gasteiger partial charge in [-0.25, -0.2) is 0 Å². The van der Waals surface area contributed by atoms with Gasteiger partial charge in [0.25, 0.3) is 0 Å². The van der Waals surface area contributed by atoms with Crippen LogP contribution >= 0.6 is 26.8 Å². The number of carbonyl (C=O) groups is 3. The van der Waals surface area contributed by atoms with E-state index in [-0.39, 0.29) is 29.9 Å². The molecule has 2 unspecified atom stereocenters. The Kier molecular flexibility index (Phi) is 61.7. The third-order valence-electron chi connectivity index (χ3n) is 14.5. The molecule has 73 heavy (non-hydrogen) atoms. The van der Waals surface area contributed by atoms with Crippen molar-refractivity contribution in [2.24, 2.45) is 5.92 Å². The molecule has 0 spiro atoms. The minimum Gasteiger partial charge on any atom is -0.0654 e. The van der Waals surface area contributed by atoms with Crippen LogP contribution in [-0.4, -0.2) is 70.1 Å². The number of rotatable bonds is 61. The molecule has 0 heterocycles. The van der Waals surface area contributed by atoms with Crippen molar-refractivity contribution in [2.45, 2.75) is 349 Å². The molecular weight excluding hydrogens is 1070 g/mol. The van der Waals surface area contributed by atoms with Crippen molar-refractivity contribution in [3.8, 4) is 0 Å². The van der Waals surface area contributed by atoms with Crippen molar-refractivity contribution in [1.29, 1.82) is 0 Å². The molecule has 0 N–H and O–H groups in total. The van der Waals surface area contributed by atoms with Crippen molar-refractivity contribution >= 4 is 60.4 Å². The predicted molar refractivity (Wildman–Crippen MR) is 328 cm³/mol. The smallest absolute Gasteiger partial charge is 0.0654 e. The Morgan fingerprint density at radius 2 is 0.630 bits per heavy atom. The quantitative estimate of drug-likeness (QED) is 0.0256. The molecule has 0 aromatic heterocycles. The molecule has 0 saturated heterocycles. The van der Waals surface area contributed by atoms with E-state index in [2.05, 4.69) is 34.6 Å². The van der Waals surface area contributed by atoms with Gasteiger partial charge in [-0.3, -0.25) is 0 Å². The van der Waals surface area contributed by atoms with E-state index in [0.29, 0.717) is 26.1 Å². The Morgan fingerprint density at radius 3 is 0.973 bits per heavy atom. The van der Waals surface area contributed by atoms with E-state index in [1.165, 1.54) is 225 Å². The molecule has 0 aromatic carbocycles. The van der Waals surface area contributed by atoms with Gasteiger partial charge in [-0.15, -0.1) is 0 Å².